The van der Waals surface area contributed by atoms with Gasteiger partial charge in [0.05, 0.1) is 13.2 Å². The molecule has 0 saturated carbocycles. The zero-order valence-corrected chi connectivity index (χ0v) is 12.6. The van der Waals surface area contributed by atoms with Gasteiger partial charge in [-0.05, 0) is 13.8 Å². The Labute approximate surface area is 120 Å². The van der Waals surface area contributed by atoms with Gasteiger partial charge in [-0.3, -0.25) is 4.79 Å². The van der Waals surface area contributed by atoms with Crippen LogP contribution in [-0.4, -0.2) is 49.5 Å². The van der Waals surface area contributed by atoms with E-state index in [2.05, 4.69) is 9.97 Å². The fourth-order valence-electron chi connectivity index (χ4n) is 1.80. The van der Waals surface area contributed by atoms with Gasteiger partial charge in [-0.1, -0.05) is 6.92 Å². The van der Waals surface area contributed by atoms with Gasteiger partial charge in [0.15, 0.2) is 0 Å². The normalized spacial score (nSPS) is 10.8. The lowest BCUT2D eigenvalue weighted by Crippen LogP contribution is -2.33. The summed E-state index contributed by atoms with van der Waals surface area (Å²) in [6, 6.07) is 1.52. The molecule has 20 heavy (non-hydrogen) atoms. The minimum absolute atomic E-state index is 0.121. The standard InChI is InChI=1S/C14H25N3O3/c1-4-12-15-13(11-14(18)16-12)17(7-9-19-5-2)8-10-20-6-3/h11H,4-10H2,1-3H3,(H,15,16,18). The molecular formula is C14H25N3O3. The Kier molecular flexibility index (Phi) is 7.91. The summed E-state index contributed by atoms with van der Waals surface area (Å²) in [7, 11) is 0. The number of ether oxygens (including phenoxy) is 2. The molecule has 1 rings (SSSR count). The molecule has 0 aliphatic carbocycles. The van der Waals surface area contributed by atoms with Gasteiger partial charge in [0, 0.05) is 38.8 Å². The third-order valence-corrected chi connectivity index (χ3v) is 2.86. The van der Waals surface area contributed by atoms with E-state index in [0.717, 1.165) is 0 Å². The summed E-state index contributed by atoms with van der Waals surface area (Å²) in [6.45, 7) is 9.87. The van der Waals surface area contributed by atoms with E-state index in [1.54, 1.807) is 0 Å². The molecule has 6 nitrogen and oxygen atoms in total. The fourth-order valence-corrected chi connectivity index (χ4v) is 1.80. The average molecular weight is 283 g/mol. The Morgan fingerprint density at radius 1 is 1.15 bits per heavy atom. The summed E-state index contributed by atoms with van der Waals surface area (Å²) in [4.78, 5) is 20.9. The Morgan fingerprint density at radius 3 is 2.25 bits per heavy atom. The van der Waals surface area contributed by atoms with Crippen LogP contribution in [0.3, 0.4) is 0 Å². The first-order valence-electron chi connectivity index (χ1n) is 7.21. The van der Waals surface area contributed by atoms with Crippen LogP contribution in [0.4, 0.5) is 5.82 Å². The molecule has 0 fully saturated rings. The number of hydrogen-bond donors (Lipinski definition) is 1. The monoisotopic (exact) mass is 283 g/mol. The van der Waals surface area contributed by atoms with Crippen molar-refractivity contribution in [2.75, 3.05) is 44.4 Å². The van der Waals surface area contributed by atoms with Crippen LogP contribution >= 0.6 is 0 Å². The summed E-state index contributed by atoms with van der Waals surface area (Å²) in [5, 5.41) is 0. The number of aromatic amines is 1. The fraction of sp³-hybridized carbons (Fsp3) is 0.714. The largest absolute Gasteiger partial charge is 0.380 e. The molecule has 0 amide bonds. The van der Waals surface area contributed by atoms with Gasteiger partial charge in [-0.2, -0.15) is 0 Å². The van der Waals surface area contributed by atoms with Crippen molar-refractivity contribution in [2.24, 2.45) is 0 Å². The summed E-state index contributed by atoms with van der Waals surface area (Å²) in [5.41, 5.74) is -0.121. The van der Waals surface area contributed by atoms with Crippen molar-refractivity contribution in [3.63, 3.8) is 0 Å². The van der Waals surface area contributed by atoms with E-state index < -0.39 is 0 Å². The molecule has 6 heteroatoms. The van der Waals surface area contributed by atoms with Crippen molar-refractivity contribution in [3.8, 4) is 0 Å². The number of H-pyrrole nitrogens is 1. The summed E-state index contributed by atoms with van der Waals surface area (Å²) < 4.78 is 10.8. The van der Waals surface area contributed by atoms with Crippen LogP contribution in [0.25, 0.3) is 0 Å². The first-order chi connectivity index (χ1) is 9.71. The molecule has 0 aliphatic rings. The third kappa shape index (κ3) is 5.71. The van der Waals surface area contributed by atoms with Gasteiger partial charge >= 0.3 is 0 Å². The van der Waals surface area contributed by atoms with Crippen molar-refractivity contribution >= 4 is 5.82 Å². The smallest absolute Gasteiger partial charge is 0.252 e. The summed E-state index contributed by atoms with van der Waals surface area (Å²) in [6.07, 6.45) is 0.702. The minimum Gasteiger partial charge on any atom is -0.380 e. The molecule has 0 radical (unpaired) electrons. The van der Waals surface area contributed by atoms with E-state index >= 15 is 0 Å². The number of nitrogens with zero attached hydrogens (tertiary/aromatic N) is 2. The zero-order chi connectivity index (χ0) is 14.8. The lowest BCUT2D eigenvalue weighted by molar-refractivity contribution is 0.141. The molecule has 1 aromatic rings. The van der Waals surface area contributed by atoms with Crippen molar-refractivity contribution in [1.29, 1.82) is 0 Å². The van der Waals surface area contributed by atoms with Gasteiger partial charge < -0.3 is 19.4 Å². The number of rotatable bonds is 10. The maximum absolute atomic E-state index is 11.6. The van der Waals surface area contributed by atoms with E-state index in [4.69, 9.17) is 9.47 Å². The zero-order valence-electron chi connectivity index (χ0n) is 12.6. The lowest BCUT2D eigenvalue weighted by atomic mass is 10.4. The minimum atomic E-state index is -0.121. The Hall–Kier alpha value is -1.40. The maximum atomic E-state index is 11.6. The van der Waals surface area contributed by atoms with Gasteiger partial charge in [0.2, 0.25) is 0 Å². The first kappa shape index (κ1) is 16.7. The highest BCUT2D eigenvalue weighted by Crippen LogP contribution is 2.08. The van der Waals surface area contributed by atoms with Gasteiger partial charge in [-0.25, -0.2) is 4.98 Å². The molecule has 1 heterocycles. The first-order valence-corrected chi connectivity index (χ1v) is 7.21. The number of hydrogen-bond acceptors (Lipinski definition) is 5. The highest BCUT2D eigenvalue weighted by molar-refractivity contribution is 5.37. The third-order valence-electron chi connectivity index (χ3n) is 2.86. The molecular weight excluding hydrogens is 258 g/mol. The van der Waals surface area contributed by atoms with Crippen molar-refractivity contribution in [3.05, 3.63) is 22.2 Å². The van der Waals surface area contributed by atoms with Crippen LogP contribution in [0, 0.1) is 0 Å². The lowest BCUT2D eigenvalue weighted by Gasteiger charge is -2.23. The van der Waals surface area contributed by atoms with E-state index in [9.17, 15) is 4.79 Å². The second-order valence-corrected chi connectivity index (χ2v) is 4.28. The van der Waals surface area contributed by atoms with Crippen LogP contribution < -0.4 is 10.5 Å². The molecule has 0 spiro atoms. The Morgan fingerprint density at radius 2 is 1.75 bits per heavy atom. The van der Waals surface area contributed by atoms with Crippen molar-refractivity contribution in [2.45, 2.75) is 27.2 Å². The van der Waals surface area contributed by atoms with Crippen molar-refractivity contribution in [1.82, 2.24) is 9.97 Å². The maximum Gasteiger partial charge on any atom is 0.252 e. The van der Waals surface area contributed by atoms with Crippen LogP contribution in [0.5, 0.6) is 0 Å². The van der Waals surface area contributed by atoms with Crippen LogP contribution in [0.1, 0.15) is 26.6 Å². The molecule has 1 N–H and O–H groups in total. The molecule has 114 valence electrons. The number of aryl methyl sites for hydroxylation is 1. The number of aromatic nitrogens is 2. The van der Waals surface area contributed by atoms with E-state index in [1.807, 2.05) is 25.7 Å². The second-order valence-electron chi connectivity index (χ2n) is 4.28. The molecule has 0 atom stereocenters. The SMILES string of the molecule is CCOCCN(CCOCC)c1cc(=O)[nH]c(CC)n1. The van der Waals surface area contributed by atoms with E-state index in [0.29, 0.717) is 57.6 Å². The quantitative estimate of drug-likeness (QED) is 0.654. The molecule has 0 aromatic carbocycles. The topological polar surface area (TPSA) is 67.5 Å². The predicted octanol–water partition coefficient (Wildman–Crippen LogP) is 1.21. The summed E-state index contributed by atoms with van der Waals surface area (Å²) >= 11 is 0. The molecule has 0 unspecified atom stereocenters. The van der Waals surface area contributed by atoms with Crippen molar-refractivity contribution < 1.29 is 9.47 Å². The van der Waals surface area contributed by atoms with Crippen LogP contribution in [0.2, 0.25) is 0 Å². The van der Waals surface area contributed by atoms with Gasteiger partial charge in [-0.15, -0.1) is 0 Å². The highest BCUT2D eigenvalue weighted by Gasteiger charge is 2.10. The van der Waals surface area contributed by atoms with Crippen LogP contribution in [-0.2, 0) is 15.9 Å². The van der Waals surface area contributed by atoms with Gasteiger partial charge in [0.25, 0.3) is 5.56 Å². The Bertz CT molecular complexity index is 424. The van der Waals surface area contributed by atoms with Gasteiger partial charge in [0.1, 0.15) is 11.6 Å². The summed E-state index contributed by atoms with van der Waals surface area (Å²) in [5.74, 6) is 1.38. The number of nitrogens with one attached hydrogen (secondary N) is 1. The molecule has 0 saturated heterocycles. The molecule has 1 aromatic heterocycles. The second kappa shape index (κ2) is 9.50. The van der Waals surface area contributed by atoms with E-state index in [1.165, 1.54) is 6.07 Å². The number of anilines is 1. The predicted molar refractivity (Wildman–Crippen MR) is 79.4 cm³/mol. The Balaban J connectivity index is 2.78. The molecule has 0 bridgehead atoms. The van der Waals surface area contributed by atoms with Crippen LogP contribution in [0.15, 0.2) is 10.9 Å². The molecule has 0 aliphatic heterocycles. The highest BCUT2D eigenvalue weighted by atomic mass is 16.5. The average Bonchev–Trinajstić information content (AvgIpc) is 2.45. The van der Waals surface area contributed by atoms with E-state index in [-0.39, 0.29) is 5.56 Å².